The first-order valence-corrected chi connectivity index (χ1v) is 10.9. The van der Waals surface area contributed by atoms with Crippen molar-refractivity contribution in [1.82, 2.24) is 9.88 Å². The summed E-state index contributed by atoms with van der Waals surface area (Å²) in [5, 5.41) is 10.8. The van der Waals surface area contributed by atoms with Crippen molar-refractivity contribution < 1.29 is 14.7 Å². The van der Waals surface area contributed by atoms with Crippen LogP contribution in [-0.2, 0) is 22.6 Å². The molecule has 1 amide bonds. The fourth-order valence-electron chi connectivity index (χ4n) is 4.12. The number of hydrogen-bond acceptors (Lipinski definition) is 5. The lowest BCUT2D eigenvalue weighted by atomic mass is 9.93. The van der Waals surface area contributed by atoms with Gasteiger partial charge in [0.05, 0.1) is 11.6 Å². The number of pyridine rings is 1. The van der Waals surface area contributed by atoms with E-state index in [1.54, 1.807) is 17.3 Å². The number of Topliss-reactive ketones (excluding diaryl/α,β-unsaturated/α-hetero) is 1. The molecule has 4 rings (SSSR count). The zero-order valence-electron chi connectivity index (χ0n) is 18.8. The number of carbonyl (C=O) groups excluding carboxylic acids is 2. The molecule has 6 heteroatoms. The van der Waals surface area contributed by atoms with Crippen molar-refractivity contribution in [2.45, 2.75) is 25.4 Å². The van der Waals surface area contributed by atoms with E-state index in [0.29, 0.717) is 6.42 Å². The molecule has 0 radical (unpaired) electrons. The van der Waals surface area contributed by atoms with Crippen molar-refractivity contribution >= 4 is 17.4 Å². The Kier molecular flexibility index (Phi) is 6.54. The number of aromatic nitrogens is 1. The Morgan fingerprint density at radius 1 is 0.970 bits per heavy atom. The maximum absolute atomic E-state index is 13.3. The molecule has 1 unspecified atom stereocenters. The van der Waals surface area contributed by atoms with Crippen LogP contribution in [-0.4, -0.2) is 40.8 Å². The number of carbonyl (C=O) groups is 2. The molecule has 0 saturated carbocycles. The second kappa shape index (κ2) is 9.69. The number of benzene rings is 2. The van der Waals surface area contributed by atoms with Gasteiger partial charge in [0.25, 0.3) is 5.91 Å². The van der Waals surface area contributed by atoms with Gasteiger partial charge in [-0.05, 0) is 47.4 Å². The predicted octanol–water partition coefficient (Wildman–Crippen LogP) is 4.25. The van der Waals surface area contributed by atoms with E-state index >= 15 is 0 Å². The molecule has 0 saturated heterocycles. The van der Waals surface area contributed by atoms with Crippen LogP contribution in [0.1, 0.15) is 29.2 Å². The van der Waals surface area contributed by atoms with Gasteiger partial charge in [0.1, 0.15) is 0 Å². The Bertz CT molecular complexity index is 1160. The Labute approximate surface area is 193 Å². The molecule has 2 aromatic carbocycles. The summed E-state index contributed by atoms with van der Waals surface area (Å²) >= 11 is 0. The first-order chi connectivity index (χ1) is 16.0. The van der Waals surface area contributed by atoms with Crippen LogP contribution in [0.5, 0.6) is 0 Å². The quantitative estimate of drug-likeness (QED) is 0.566. The van der Waals surface area contributed by atoms with E-state index in [2.05, 4.69) is 4.98 Å². The average molecular weight is 442 g/mol. The van der Waals surface area contributed by atoms with E-state index in [4.69, 9.17) is 0 Å². The van der Waals surface area contributed by atoms with E-state index in [-0.39, 0.29) is 24.3 Å². The normalized spacial score (nSPS) is 15.8. The molecule has 0 aliphatic carbocycles. The molecule has 6 nitrogen and oxygen atoms in total. The van der Waals surface area contributed by atoms with E-state index in [1.165, 1.54) is 0 Å². The fraction of sp³-hybridized carbons (Fsp3) is 0.222. The van der Waals surface area contributed by atoms with Gasteiger partial charge in [0.15, 0.2) is 11.5 Å². The molecule has 33 heavy (non-hydrogen) atoms. The SMILES string of the molecule is CN(C)c1ccc(C2C(C(=O)CCc3ccccc3)=C(O)C(=O)N2Cc2ccncc2)cc1. The summed E-state index contributed by atoms with van der Waals surface area (Å²) in [6.45, 7) is 0.265. The summed E-state index contributed by atoms with van der Waals surface area (Å²) in [6.07, 6.45) is 4.08. The fourth-order valence-corrected chi connectivity index (χ4v) is 4.12. The van der Waals surface area contributed by atoms with Crippen LogP contribution >= 0.6 is 0 Å². The highest BCUT2D eigenvalue weighted by Crippen LogP contribution is 2.39. The highest BCUT2D eigenvalue weighted by Gasteiger charge is 2.43. The highest BCUT2D eigenvalue weighted by molar-refractivity contribution is 6.09. The van der Waals surface area contributed by atoms with Crippen molar-refractivity contribution in [1.29, 1.82) is 0 Å². The Morgan fingerprint density at radius 2 is 1.64 bits per heavy atom. The van der Waals surface area contributed by atoms with Crippen LogP contribution in [0.2, 0.25) is 0 Å². The van der Waals surface area contributed by atoms with Crippen molar-refractivity contribution in [2.75, 3.05) is 19.0 Å². The van der Waals surface area contributed by atoms with E-state index in [9.17, 15) is 14.7 Å². The number of aliphatic hydroxyl groups is 1. The second-order valence-electron chi connectivity index (χ2n) is 8.35. The topological polar surface area (TPSA) is 73.7 Å². The molecular weight excluding hydrogens is 414 g/mol. The van der Waals surface area contributed by atoms with Crippen molar-refractivity contribution in [2.24, 2.45) is 0 Å². The van der Waals surface area contributed by atoms with Gasteiger partial charge in [0, 0.05) is 45.1 Å². The number of rotatable bonds is 8. The van der Waals surface area contributed by atoms with Crippen LogP contribution in [0.4, 0.5) is 5.69 Å². The number of hydrogen-bond donors (Lipinski definition) is 1. The minimum Gasteiger partial charge on any atom is -0.503 e. The van der Waals surface area contributed by atoms with Crippen molar-refractivity contribution in [3.8, 4) is 0 Å². The van der Waals surface area contributed by atoms with Crippen LogP contribution < -0.4 is 4.90 Å². The van der Waals surface area contributed by atoms with Crippen LogP contribution in [0.3, 0.4) is 0 Å². The smallest absolute Gasteiger partial charge is 0.290 e. The van der Waals surface area contributed by atoms with Gasteiger partial charge < -0.3 is 14.9 Å². The summed E-state index contributed by atoms with van der Waals surface area (Å²) in [7, 11) is 3.90. The van der Waals surface area contributed by atoms with E-state index in [1.807, 2.05) is 85.7 Å². The summed E-state index contributed by atoms with van der Waals surface area (Å²) in [5.41, 5.74) is 3.88. The maximum atomic E-state index is 13.3. The molecule has 1 aromatic heterocycles. The maximum Gasteiger partial charge on any atom is 0.290 e. The summed E-state index contributed by atoms with van der Waals surface area (Å²) < 4.78 is 0. The molecule has 1 aliphatic rings. The monoisotopic (exact) mass is 441 g/mol. The number of aryl methyl sites for hydroxylation is 1. The standard InChI is InChI=1S/C27H27N3O3/c1-29(2)22-11-9-21(10-12-22)25-24(23(31)13-8-19-6-4-3-5-7-19)26(32)27(33)30(25)18-20-14-16-28-17-15-20/h3-7,9-12,14-17,25,32H,8,13,18H2,1-2H3. The Hall–Kier alpha value is -3.93. The van der Waals surface area contributed by atoms with Crippen molar-refractivity contribution in [3.63, 3.8) is 0 Å². The minimum absolute atomic E-state index is 0.169. The molecule has 1 atom stereocenters. The molecule has 3 aromatic rings. The second-order valence-corrected chi connectivity index (χ2v) is 8.35. The zero-order valence-corrected chi connectivity index (χ0v) is 18.8. The summed E-state index contributed by atoms with van der Waals surface area (Å²) in [4.78, 5) is 34.0. The average Bonchev–Trinajstić information content (AvgIpc) is 3.09. The molecule has 168 valence electrons. The number of anilines is 1. The summed E-state index contributed by atoms with van der Waals surface area (Å²) in [6, 6.07) is 20.5. The molecule has 0 fully saturated rings. The van der Waals surface area contributed by atoms with Crippen molar-refractivity contribution in [3.05, 3.63) is 107 Å². The molecule has 1 N–H and O–H groups in total. The van der Waals surface area contributed by atoms with Crippen LogP contribution in [0.15, 0.2) is 90.5 Å². The zero-order chi connectivity index (χ0) is 23.4. The lowest BCUT2D eigenvalue weighted by Crippen LogP contribution is -2.30. The van der Waals surface area contributed by atoms with Gasteiger partial charge in [-0.3, -0.25) is 14.6 Å². The van der Waals surface area contributed by atoms with E-state index < -0.39 is 17.7 Å². The van der Waals surface area contributed by atoms with Gasteiger partial charge in [-0.25, -0.2) is 0 Å². The number of aliphatic hydroxyl groups excluding tert-OH is 1. The molecule has 1 aliphatic heterocycles. The summed E-state index contributed by atoms with van der Waals surface area (Å²) in [5.74, 6) is -1.20. The van der Waals surface area contributed by atoms with Gasteiger partial charge >= 0.3 is 0 Å². The molecule has 0 bridgehead atoms. The number of amides is 1. The molecule has 2 heterocycles. The first-order valence-electron chi connectivity index (χ1n) is 10.9. The lowest BCUT2D eigenvalue weighted by molar-refractivity contribution is -0.130. The third-order valence-corrected chi connectivity index (χ3v) is 5.92. The molecular formula is C27H27N3O3. The molecule has 0 spiro atoms. The predicted molar refractivity (Wildman–Crippen MR) is 128 cm³/mol. The van der Waals surface area contributed by atoms with Crippen LogP contribution in [0, 0.1) is 0 Å². The van der Waals surface area contributed by atoms with Gasteiger partial charge in [-0.15, -0.1) is 0 Å². The Morgan fingerprint density at radius 3 is 2.27 bits per heavy atom. The third kappa shape index (κ3) is 4.80. The third-order valence-electron chi connectivity index (χ3n) is 5.92. The van der Waals surface area contributed by atoms with Gasteiger partial charge in [0.2, 0.25) is 0 Å². The highest BCUT2D eigenvalue weighted by atomic mass is 16.3. The lowest BCUT2D eigenvalue weighted by Gasteiger charge is -2.27. The van der Waals surface area contributed by atoms with Gasteiger partial charge in [-0.2, -0.15) is 0 Å². The van der Waals surface area contributed by atoms with Crippen LogP contribution in [0.25, 0.3) is 0 Å². The minimum atomic E-state index is -0.648. The number of nitrogens with zero attached hydrogens (tertiary/aromatic N) is 3. The number of ketones is 1. The van der Waals surface area contributed by atoms with Gasteiger partial charge in [-0.1, -0.05) is 42.5 Å². The first kappa shape index (κ1) is 22.3. The largest absolute Gasteiger partial charge is 0.503 e. The van der Waals surface area contributed by atoms with E-state index in [0.717, 1.165) is 22.4 Å². The Balaban J connectivity index is 1.67.